The number of nitrogens with zero attached hydrogens (tertiary/aromatic N) is 2. The van der Waals surface area contributed by atoms with Crippen LogP contribution in [-0.2, 0) is 4.79 Å². The molecule has 30 heavy (non-hydrogen) atoms. The normalized spacial score (nSPS) is 19.5. The summed E-state index contributed by atoms with van der Waals surface area (Å²) in [5, 5.41) is 9.25. The van der Waals surface area contributed by atoms with Crippen LogP contribution in [0.2, 0.25) is 0 Å². The van der Waals surface area contributed by atoms with Gasteiger partial charge in [0.05, 0.1) is 6.20 Å². The number of amidine groups is 1. The van der Waals surface area contributed by atoms with E-state index in [1.165, 1.54) is 70.6 Å². The largest absolute Gasteiger partial charge is 0.477 e. The van der Waals surface area contributed by atoms with Gasteiger partial charge in [-0.3, -0.25) is 5.73 Å². The molecule has 5 heteroatoms. The zero-order valence-corrected chi connectivity index (χ0v) is 19.5. The highest BCUT2D eigenvalue weighted by molar-refractivity contribution is 5.81. The Morgan fingerprint density at radius 1 is 1.00 bits per heavy atom. The van der Waals surface area contributed by atoms with Gasteiger partial charge in [-0.15, -0.1) is 0 Å². The second-order valence-corrected chi connectivity index (χ2v) is 8.75. The summed E-state index contributed by atoms with van der Waals surface area (Å²) < 4.78 is 0.161. The van der Waals surface area contributed by atoms with Crippen LogP contribution in [0.3, 0.4) is 0 Å². The van der Waals surface area contributed by atoms with Gasteiger partial charge >= 0.3 is 5.97 Å². The van der Waals surface area contributed by atoms with Crippen LogP contribution in [0.25, 0.3) is 0 Å². The molecule has 0 aromatic carbocycles. The number of unbranched alkanes of at least 4 members (excludes halogenated alkanes) is 12. The molecule has 1 heterocycles. The van der Waals surface area contributed by atoms with Crippen molar-refractivity contribution in [1.82, 2.24) is 0 Å². The summed E-state index contributed by atoms with van der Waals surface area (Å²) in [7, 11) is 0. The minimum Gasteiger partial charge on any atom is -0.477 e. The number of rotatable bonds is 19. The topological polar surface area (TPSA) is 75.7 Å². The molecule has 0 aromatic heterocycles. The van der Waals surface area contributed by atoms with Crippen molar-refractivity contribution in [3.05, 3.63) is 24.6 Å². The molecule has 0 saturated heterocycles. The maximum absolute atomic E-state index is 11.3. The summed E-state index contributed by atoms with van der Waals surface area (Å²) >= 11 is 0. The maximum atomic E-state index is 11.3. The van der Waals surface area contributed by atoms with E-state index in [9.17, 15) is 9.90 Å². The average Bonchev–Trinajstić information content (AvgIpc) is 3.10. The molecule has 2 unspecified atom stereocenters. The lowest BCUT2D eigenvalue weighted by atomic mass is 10.1. The number of hydrogen-bond donors (Lipinski definition) is 2. The molecule has 0 bridgehead atoms. The van der Waals surface area contributed by atoms with Crippen LogP contribution >= 0.6 is 0 Å². The highest BCUT2D eigenvalue weighted by atomic mass is 16.4. The third kappa shape index (κ3) is 10.5. The molecule has 0 radical (unpaired) electrons. The first-order valence-electron chi connectivity index (χ1n) is 12.3. The lowest BCUT2D eigenvalue weighted by Crippen LogP contribution is -2.59. The Bertz CT molecular complexity index is 555. The summed E-state index contributed by atoms with van der Waals surface area (Å²) in [6.07, 6.45) is 26.8. The average molecular weight is 421 g/mol. The molecule has 3 N–H and O–H groups in total. The fourth-order valence-corrected chi connectivity index (χ4v) is 4.12. The van der Waals surface area contributed by atoms with E-state index in [1.807, 2.05) is 13.1 Å². The lowest BCUT2D eigenvalue weighted by molar-refractivity contribution is -0.805. The Kier molecular flexibility index (Phi) is 14.4. The zero-order valence-electron chi connectivity index (χ0n) is 19.5. The highest BCUT2D eigenvalue weighted by Crippen LogP contribution is 2.23. The van der Waals surface area contributed by atoms with Crippen LogP contribution in [0.4, 0.5) is 0 Å². The standard InChI is InChI=1S/C25H45N3O2/c1-3-4-5-6-7-8-9-10-11-12-13-14-15-16-17-18-19-24-27-20-21-28(24,23(2)26)22-25(29)30/h13-14,20-21,23H,3-12,15-19,22,26H2,1-2H3/p+1/b14-13+. The predicted octanol–water partition coefficient (Wildman–Crippen LogP) is 6.50. The van der Waals surface area contributed by atoms with Gasteiger partial charge in [-0.05, 0) is 32.1 Å². The Hall–Kier alpha value is -1.46. The molecule has 0 saturated carbocycles. The molecule has 0 aliphatic carbocycles. The Labute approximate surface area is 184 Å². The molecular weight excluding hydrogens is 374 g/mol. The predicted molar refractivity (Wildman–Crippen MR) is 127 cm³/mol. The van der Waals surface area contributed by atoms with Crippen molar-refractivity contribution in [2.45, 2.75) is 116 Å². The smallest absolute Gasteiger partial charge is 0.360 e. The van der Waals surface area contributed by atoms with Crippen molar-refractivity contribution in [1.29, 1.82) is 0 Å². The van der Waals surface area contributed by atoms with Crippen LogP contribution in [0.1, 0.15) is 110 Å². The van der Waals surface area contributed by atoms with E-state index in [0.717, 1.165) is 31.5 Å². The fourth-order valence-electron chi connectivity index (χ4n) is 4.12. The summed E-state index contributed by atoms with van der Waals surface area (Å²) in [6, 6.07) is 0. The summed E-state index contributed by atoms with van der Waals surface area (Å²) in [4.78, 5) is 15.7. The SMILES string of the molecule is CCCCCCCCCCC/C=C/CCCCCC1=NC=C[N+]1(CC(=O)O)C(C)N. The van der Waals surface area contributed by atoms with Gasteiger partial charge in [-0.1, -0.05) is 76.9 Å². The first-order valence-corrected chi connectivity index (χ1v) is 12.3. The molecule has 1 rings (SSSR count). The number of nitrogens with two attached hydrogens (primary N) is 1. The number of carboxylic acid groups (broad SMARTS) is 1. The zero-order chi connectivity index (χ0) is 22.1. The molecule has 1 aliphatic heterocycles. The number of aliphatic carboxylic acids is 1. The van der Waals surface area contributed by atoms with E-state index in [4.69, 9.17) is 5.73 Å². The molecule has 5 nitrogen and oxygen atoms in total. The van der Waals surface area contributed by atoms with Crippen LogP contribution in [0.5, 0.6) is 0 Å². The van der Waals surface area contributed by atoms with Crippen LogP contribution in [0.15, 0.2) is 29.5 Å². The van der Waals surface area contributed by atoms with Gasteiger partial charge in [-0.25, -0.2) is 14.3 Å². The van der Waals surface area contributed by atoms with Crippen molar-refractivity contribution in [3.63, 3.8) is 0 Å². The van der Waals surface area contributed by atoms with E-state index >= 15 is 0 Å². The number of hydrogen-bond acceptors (Lipinski definition) is 3. The maximum Gasteiger partial charge on any atom is 0.360 e. The van der Waals surface area contributed by atoms with Crippen molar-refractivity contribution in [2.24, 2.45) is 10.7 Å². The van der Waals surface area contributed by atoms with Gasteiger partial charge in [0, 0.05) is 13.3 Å². The van der Waals surface area contributed by atoms with E-state index in [2.05, 4.69) is 24.1 Å². The van der Waals surface area contributed by atoms with Gasteiger partial charge in [0.1, 0.15) is 12.4 Å². The second-order valence-electron chi connectivity index (χ2n) is 8.75. The van der Waals surface area contributed by atoms with Crippen molar-refractivity contribution >= 4 is 11.8 Å². The molecule has 0 amide bonds. The number of aliphatic imine (C=N–C) groups is 1. The number of carboxylic acids is 1. The molecular formula is C25H46N3O2+. The highest BCUT2D eigenvalue weighted by Gasteiger charge is 2.40. The Morgan fingerprint density at radius 2 is 1.53 bits per heavy atom. The number of quaternary nitrogens is 1. The summed E-state index contributed by atoms with van der Waals surface area (Å²) in [5.74, 6) is 0.0389. The Balaban J connectivity index is 2.03. The van der Waals surface area contributed by atoms with Crippen LogP contribution in [-0.4, -0.2) is 34.1 Å². The van der Waals surface area contributed by atoms with E-state index in [0.29, 0.717) is 0 Å². The van der Waals surface area contributed by atoms with Crippen LogP contribution < -0.4 is 5.73 Å². The first-order chi connectivity index (χ1) is 14.5. The second kappa shape index (κ2) is 16.3. The molecule has 0 aromatic rings. The minimum absolute atomic E-state index is 0.0331. The molecule has 2 atom stereocenters. The third-order valence-electron chi connectivity index (χ3n) is 6.07. The van der Waals surface area contributed by atoms with Gasteiger partial charge < -0.3 is 5.11 Å². The van der Waals surface area contributed by atoms with Crippen LogP contribution in [0, 0.1) is 0 Å². The van der Waals surface area contributed by atoms with Crippen molar-refractivity contribution in [3.8, 4) is 0 Å². The molecule has 1 aliphatic rings. The first kappa shape index (κ1) is 26.6. The minimum atomic E-state index is -0.844. The van der Waals surface area contributed by atoms with Gasteiger partial charge in [-0.2, -0.15) is 0 Å². The quantitative estimate of drug-likeness (QED) is 0.142. The summed E-state index contributed by atoms with van der Waals surface area (Å²) in [5.41, 5.74) is 6.10. The van der Waals surface area contributed by atoms with E-state index in [1.54, 1.807) is 6.20 Å². The molecule has 0 fully saturated rings. The van der Waals surface area contributed by atoms with E-state index < -0.39 is 5.97 Å². The van der Waals surface area contributed by atoms with Crippen molar-refractivity contribution < 1.29 is 14.4 Å². The Morgan fingerprint density at radius 3 is 2.07 bits per heavy atom. The monoisotopic (exact) mass is 420 g/mol. The lowest BCUT2D eigenvalue weighted by Gasteiger charge is -2.34. The van der Waals surface area contributed by atoms with Crippen molar-refractivity contribution in [2.75, 3.05) is 6.54 Å². The third-order valence-corrected chi connectivity index (χ3v) is 6.07. The fraction of sp³-hybridized carbons (Fsp3) is 0.760. The van der Waals surface area contributed by atoms with Gasteiger partial charge in [0.2, 0.25) is 5.84 Å². The van der Waals surface area contributed by atoms with Gasteiger partial charge in [0.15, 0.2) is 6.54 Å². The van der Waals surface area contributed by atoms with E-state index in [-0.39, 0.29) is 17.2 Å². The molecule has 0 spiro atoms. The number of carbonyl (C=O) groups is 1. The number of allylic oxidation sites excluding steroid dienone is 2. The molecule has 172 valence electrons. The van der Waals surface area contributed by atoms with Gasteiger partial charge in [0.25, 0.3) is 0 Å². The summed E-state index contributed by atoms with van der Waals surface area (Å²) in [6.45, 7) is 4.09.